The first kappa shape index (κ1) is 25.5. The number of hydrogen-bond donors (Lipinski definition) is 2. The summed E-state index contributed by atoms with van der Waals surface area (Å²) in [5.41, 5.74) is 7.29. The molecule has 0 unspecified atom stereocenters. The third-order valence-corrected chi connectivity index (χ3v) is 5.83. The summed E-state index contributed by atoms with van der Waals surface area (Å²) >= 11 is 0. The van der Waals surface area contributed by atoms with E-state index in [0.717, 1.165) is 10.7 Å². The molecule has 0 fully saturated rings. The highest BCUT2D eigenvalue weighted by atomic mass is 19.4. The normalized spacial score (nSPS) is 11.6. The summed E-state index contributed by atoms with van der Waals surface area (Å²) in [4.78, 5) is 40.6. The van der Waals surface area contributed by atoms with Gasteiger partial charge in [-0.2, -0.15) is 18.3 Å². The van der Waals surface area contributed by atoms with Crippen molar-refractivity contribution in [1.82, 2.24) is 14.8 Å². The van der Waals surface area contributed by atoms with E-state index >= 15 is 0 Å². The summed E-state index contributed by atoms with van der Waals surface area (Å²) in [5, 5.41) is 3.26. The van der Waals surface area contributed by atoms with Crippen LogP contribution in [0.2, 0.25) is 0 Å². The first-order chi connectivity index (χ1) is 17.3. The number of rotatable bonds is 6. The van der Waals surface area contributed by atoms with Crippen LogP contribution in [0.4, 0.5) is 17.6 Å². The van der Waals surface area contributed by atoms with Crippen LogP contribution in [0.5, 0.6) is 0 Å². The zero-order valence-corrected chi connectivity index (χ0v) is 19.5. The van der Waals surface area contributed by atoms with Crippen LogP contribution in [-0.4, -0.2) is 32.4 Å². The number of nitrogens with two attached hydrogens (primary N) is 2. The quantitative estimate of drug-likeness (QED) is 0.297. The zero-order valence-electron chi connectivity index (χ0n) is 19.5. The van der Waals surface area contributed by atoms with E-state index in [9.17, 15) is 31.9 Å². The Morgan fingerprint density at radius 1 is 1.00 bits per heavy atom. The van der Waals surface area contributed by atoms with Crippen LogP contribution in [0.1, 0.15) is 55.1 Å². The lowest BCUT2D eigenvalue weighted by atomic mass is 9.91. The first-order valence-corrected chi connectivity index (χ1v) is 10.8. The number of ketones is 1. The number of carbonyl (C=O) groups is 3. The molecule has 190 valence electrons. The van der Waals surface area contributed by atoms with Gasteiger partial charge in [-0.15, -0.1) is 0 Å². The summed E-state index contributed by atoms with van der Waals surface area (Å²) in [6.45, 7) is 2.44. The number of amides is 2. The molecule has 12 heteroatoms. The fourth-order valence-corrected chi connectivity index (χ4v) is 4.20. The molecular formula is C25H19F4N5O3. The molecule has 0 atom stereocenters. The summed E-state index contributed by atoms with van der Waals surface area (Å²) in [6.07, 6.45) is -5.05. The molecule has 0 aliphatic rings. The lowest BCUT2D eigenvalue weighted by Gasteiger charge is -2.16. The molecule has 0 bridgehead atoms. The largest absolute Gasteiger partial charge is 0.435 e. The van der Waals surface area contributed by atoms with Gasteiger partial charge in [0.25, 0.3) is 5.91 Å². The van der Waals surface area contributed by atoms with Crippen LogP contribution >= 0.6 is 0 Å². The van der Waals surface area contributed by atoms with Crippen molar-refractivity contribution in [3.8, 4) is 11.1 Å². The minimum Gasteiger partial charge on any atom is -0.366 e. The van der Waals surface area contributed by atoms with E-state index in [-0.39, 0.29) is 23.5 Å². The Morgan fingerprint density at radius 3 is 2.27 bits per heavy atom. The van der Waals surface area contributed by atoms with Crippen molar-refractivity contribution < 1.29 is 31.9 Å². The van der Waals surface area contributed by atoms with Gasteiger partial charge in [0.2, 0.25) is 5.91 Å². The molecule has 2 amide bonds. The fraction of sp³-hybridized carbons (Fsp3) is 0.160. The minimum absolute atomic E-state index is 0.122. The number of carbonyl (C=O) groups excluding carboxylic acids is 3. The first-order valence-electron chi connectivity index (χ1n) is 10.8. The molecule has 4 N–H and O–H groups in total. The van der Waals surface area contributed by atoms with Crippen LogP contribution in [-0.2, 0) is 12.7 Å². The SMILES string of the molecule is CC(=O)c1cccc(Cn2nc(C(F)(F)F)c(-c3c(C(N)=O)nc4cccc(F)c4c3C(N)=O)c2C)c1. The second-order valence-corrected chi connectivity index (χ2v) is 8.29. The van der Waals surface area contributed by atoms with E-state index in [1.165, 1.54) is 32.0 Å². The minimum atomic E-state index is -5.05. The van der Waals surface area contributed by atoms with Crippen molar-refractivity contribution >= 4 is 28.5 Å². The summed E-state index contributed by atoms with van der Waals surface area (Å²) in [5.74, 6) is -3.75. The Bertz CT molecular complexity index is 1610. The molecule has 8 nitrogen and oxygen atoms in total. The molecule has 0 saturated carbocycles. The van der Waals surface area contributed by atoms with Gasteiger partial charge in [-0.05, 0) is 37.6 Å². The summed E-state index contributed by atoms with van der Waals surface area (Å²) < 4.78 is 58.6. The Balaban J connectivity index is 2.09. The zero-order chi connectivity index (χ0) is 27.2. The van der Waals surface area contributed by atoms with Crippen molar-refractivity contribution in [3.63, 3.8) is 0 Å². The highest BCUT2D eigenvalue weighted by Crippen LogP contribution is 2.42. The van der Waals surface area contributed by atoms with Crippen LogP contribution in [0.3, 0.4) is 0 Å². The van der Waals surface area contributed by atoms with E-state index in [1.54, 1.807) is 18.2 Å². The van der Waals surface area contributed by atoms with Gasteiger partial charge in [0.15, 0.2) is 11.5 Å². The lowest BCUT2D eigenvalue weighted by molar-refractivity contribution is -0.141. The highest BCUT2D eigenvalue weighted by molar-refractivity contribution is 6.16. The van der Waals surface area contributed by atoms with Gasteiger partial charge in [-0.3, -0.25) is 19.1 Å². The number of nitrogens with zero attached hydrogens (tertiary/aromatic N) is 3. The standard InChI is InChI=1S/C25H19F4N5O3/c1-11-17(19-20(23(30)36)18-15(26)7-4-8-16(18)32-21(19)24(31)37)22(25(27,28)29)33-34(11)10-13-5-3-6-14(9-13)12(2)35/h3-9H,10H2,1-2H3,(H2,30,36)(H2,31,37). The number of alkyl halides is 3. The van der Waals surface area contributed by atoms with Crippen molar-refractivity contribution in [2.24, 2.45) is 11.5 Å². The number of pyridine rings is 1. The smallest absolute Gasteiger partial charge is 0.366 e. The van der Waals surface area contributed by atoms with Crippen molar-refractivity contribution in [3.05, 3.63) is 82.1 Å². The maximum atomic E-state index is 14.8. The number of halogens is 4. The van der Waals surface area contributed by atoms with Crippen molar-refractivity contribution in [2.45, 2.75) is 26.6 Å². The van der Waals surface area contributed by atoms with Gasteiger partial charge < -0.3 is 11.5 Å². The lowest BCUT2D eigenvalue weighted by Crippen LogP contribution is -2.22. The number of aromatic nitrogens is 3. The predicted octanol–water partition coefficient (Wildman–Crippen LogP) is 4.01. The number of Topliss-reactive ketones (excluding diaryl/α,β-unsaturated/α-hetero) is 1. The topological polar surface area (TPSA) is 134 Å². The molecule has 0 saturated heterocycles. The van der Waals surface area contributed by atoms with E-state index in [1.807, 2.05) is 0 Å². The monoisotopic (exact) mass is 513 g/mol. The van der Waals surface area contributed by atoms with Crippen LogP contribution in [0.25, 0.3) is 22.0 Å². The Hall–Kier alpha value is -4.61. The molecule has 0 radical (unpaired) electrons. The molecule has 4 aromatic rings. The average Bonchev–Trinajstić information content (AvgIpc) is 3.14. The Kier molecular flexibility index (Phi) is 6.28. The number of fused-ring (bicyclic) bond motifs is 1. The maximum Gasteiger partial charge on any atom is 0.435 e. The third-order valence-electron chi connectivity index (χ3n) is 5.83. The second kappa shape index (κ2) is 9.12. The van der Waals surface area contributed by atoms with Gasteiger partial charge in [0, 0.05) is 27.8 Å². The average molecular weight is 513 g/mol. The van der Waals surface area contributed by atoms with E-state index < -0.39 is 57.3 Å². The Morgan fingerprint density at radius 2 is 1.68 bits per heavy atom. The second-order valence-electron chi connectivity index (χ2n) is 8.29. The molecule has 2 aromatic carbocycles. The molecule has 2 heterocycles. The van der Waals surface area contributed by atoms with Crippen LogP contribution in [0, 0.1) is 12.7 Å². The van der Waals surface area contributed by atoms with Crippen molar-refractivity contribution in [2.75, 3.05) is 0 Å². The number of benzene rings is 2. The van der Waals surface area contributed by atoms with Gasteiger partial charge >= 0.3 is 6.18 Å². The molecule has 2 aromatic heterocycles. The molecule has 0 aliphatic carbocycles. The van der Waals surface area contributed by atoms with Crippen LogP contribution < -0.4 is 11.5 Å². The number of hydrogen-bond acceptors (Lipinski definition) is 5. The summed E-state index contributed by atoms with van der Waals surface area (Å²) in [6, 6.07) is 9.73. The fourth-order valence-electron chi connectivity index (χ4n) is 4.20. The molecule has 0 aliphatic heterocycles. The maximum absolute atomic E-state index is 14.8. The predicted molar refractivity (Wildman–Crippen MR) is 125 cm³/mol. The Labute approximate surface area is 206 Å². The number of primary amides is 2. The highest BCUT2D eigenvalue weighted by Gasteiger charge is 2.41. The molecular weight excluding hydrogens is 494 g/mol. The summed E-state index contributed by atoms with van der Waals surface area (Å²) in [7, 11) is 0. The van der Waals surface area contributed by atoms with E-state index in [0.29, 0.717) is 11.1 Å². The van der Waals surface area contributed by atoms with Gasteiger partial charge in [0.1, 0.15) is 11.5 Å². The van der Waals surface area contributed by atoms with Gasteiger partial charge in [-0.25, -0.2) is 9.37 Å². The molecule has 0 spiro atoms. The van der Waals surface area contributed by atoms with Gasteiger partial charge in [-0.1, -0.05) is 24.3 Å². The van der Waals surface area contributed by atoms with E-state index in [2.05, 4.69) is 10.1 Å². The molecule has 37 heavy (non-hydrogen) atoms. The van der Waals surface area contributed by atoms with Crippen molar-refractivity contribution in [1.29, 1.82) is 0 Å². The molecule has 4 rings (SSSR count). The van der Waals surface area contributed by atoms with E-state index in [4.69, 9.17) is 11.5 Å². The van der Waals surface area contributed by atoms with Gasteiger partial charge in [0.05, 0.1) is 17.6 Å². The van der Waals surface area contributed by atoms with Crippen LogP contribution in [0.15, 0.2) is 42.5 Å². The third kappa shape index (κ3) is 4.53.